The molecule has 2 aromatic heterocycles. The Morgan fingerprint density at radius 3 is 2.89 bits per heavy atom. The Morgan fingerprint density at radius 2 is 2.17 bits per heavy atom. The van der Waals surface area contributed by atoms with Crippen LogP contribution in [0.2, 0.25) is 0 Å². The van der Waals surface area contributed by atoms with Crippen LogP contribution in [0.5, 0.6) is 0 Å². The maximum absolute atomic E-state index is 4.47. The first-order valence-electron chi connectivity index (χ1n) is 5.83. The van der Waals surface area contributed by atoms with Crippen LogP contribution in [0.25, 0.3) is 11.0 Å². The maximum Gasteiger partial charge on any atom is 0.112 e. The number of hydrogen-bond donors (Lipinski definition) is 0. The molecule has 3 nitrogen and oxygen atoms in total. The summed E-state index contributed by atoms with van der Waals surface area (Å²) in [5.41, 5.74) is 2.99. The fourth-order valence-corrected chi connectivity index (χ4v) is 2.32. The summed E-state index contributed by atoms with van der Waals surface area (Å²) in [5, 5.41) is 0. The summed E-state index contributed by atoms with van der Waals surface area (Å²) in [5.74, 6) is 0. The highest BCUT2D eigenvalue weighted by Gasteiger charge is 2.09. The van der Waals surface area contributed by atoms with E-state index in [1.54, 1.807) is 0 Å². The van der Waals surface area contributed by atoms with Crippen molar-refractivity contribution < 1.29 is 0 Å². The van der Waals surface area contributed by atoms with E-state index >= 15 is 0 Å². The minimum absolute atomic E-state index is 0.523. The van der Waals surface area contributed by atoms with Crippen LogP contribution in [0, 0.1) is 0 Å². The fourth-order valence-electron chi connectivity index (χ4n) is 1.79. The molecule has 0 aromatic carbocycles. The second-order valence-electron chi connectivity index (χ2n) is 4.34. The largest absolute Gasteiger partial charge is 0.373 e. The van der Waals surface area contributed by atoms with Crippen LogP contribution in [-0.2, 0) is 0 Å². The third-order valence-electron chi connectivity index (χ3n) is 2.80. The summed E-state index contributed by atoms with van der Waals surface area (Å²) in [6.45, 7) is 3.15. The molecule has 0 spiro atoms. The molecule has 0 saturated carbocycles. The van der Waals surface area contributed by atoms with Crippen LogP contribution in [-0.4, -0.2) is 28.4 Å². The zero-order valence-electron chi connectivity index (χ0n) is 10.4. The van der Waals surface area contributed by atoms with E-state index in [0.717, 1.165) is 34.2 Å². The predicted molar refractivity (Wildman–Crippen MR) is 83.5 cm³/mol. The van der Waals surface area contributed by atoms with E-state index in [1.807, 2.05) is 24.5 Å². The molecule has 0 fully saturated rings. The zero-order valence-corrected chi connectivity index (χ0v) is 13.6. The van der Waals surface area contributed by atoms with E-state index < -0.39 is 0 Å². The lowest BCUT2D eigenvalue weighted by atomic mass is 10.2. The zero-order chi connectivity index (χ0) is 13.1. The SMILES string of the molecule is CC(Br)CCN(C)c1ccnc2cc(Br)cnc12. The highest BCUT2D eigenvalue weighted by molar-refractivity contribution is 9.10. The van der Waals surface area contributed by atoms with E-state index in [-0.39, 0.29) is 0 Å². The highest BCUT2D eigenvalue weighted by Crippen LogP contribution is 2.24. The molecule has 0 N–H and O–H groups in total. The van der Waals surface area contributed by atoms with Crippen molar-refractivity contribution in [3.8, 4) is 0 Å². The van der Waals surface area contributed by atoms with Gasteiger partial charge in [-0.15, -0.1) is 0 Å². The number of pyridine rings is 2. The molecule has 0 aliphatic heterocycles. The van der Waals surface area contributed by atoms with E-state index in [9.17, 15) is 0 Å². The Morgan fingerprint density at radius 1 is 1.39 bits per heavy atom. The van der Waals surface area contributed by atoms with Gasteiger partial charge in [0, 0.05) is 35.3 Å². The minimum Gasteiger partial charge on any atom is -0.373 e. The lowest BCUT2D eigenvalue weighted by molar-refractivity contribution is 0.788. The topological polar surface area (TPSA) is 29.0 Å². The smallest absolute Gasteiger partial charge is 0.112 e. The molecule has 2 aromatic rings. The normalized spacial score (nSPS) is 12.7. The van der Waals surface area contributed by atoms with Crippen LogP contribution < -0.4 is 4.90 Å². The maximum atomic E-state index is 4.47. The summed E-state index contributed by atoms with van der Waals surface area (Å²) in [6.07, 6.45) is 4.74. The third-order valence-corrected chi connectivity index (χ3v) is 3.69. The Hall–Kier alpha value is -0.680. The Bertz CT molecular complexity index is 543. The number of alkyl halides is 1. The Kier molecular flexibility index (Phi) is 4.56. The number of hydrogen-bond acceptors (Lipinski definition) is 3. The Balaban J connectivity index is 2.32. The number of rotatable bonds is 4. The average molecular weight is 373 g/mol. The predicted octanol–water partition coefficient (Wildman–Crippen LogP) is 4.00. The molecular formula is C13H15Br2N3. The Labute approximate surface area is 124 Å². The molecular weight excluding hydrogens is 358 g/mol. The van der Waals surface area contributed by atoms with Crippen molar-refractivity contribution in [3.05, 3.63) is 29.0 Å². The van der Waals surface area contributed by atoms with Crippen LogP contribution in [0.3, 0.4) is 0 Å². The first kappa shape index (κ1) is 13.7. The first-order chi connectivity index (χ1) is 8.58. The van der Waals surface area contributed by atoms with Gasteiger partial charge in [0.25, 0.3) is 0 Å². The minimum atomic E-state index is 0.523. The molecule has 0 saturated heterocycles. The highest BCUT2D eigenvalue weighted by atomic mass is 79.9. The summed E-state index contributed by atoms with van der Waals surface area (Å²) < 4.78 is 0.955. The lowest BCUT2D eigenvalue weighted by Crippen LogP contribution is -2.20. The van der Waals surface area contributed by atoms with Crippen LogP contribution in [0.1, 0.15) is 13.3 Å². The van der Waals surface area contributed by atoms with Gasteiger partial charge in [-0.1, -0.05) is 22.9 Å². The second-order valence-corrected chi connectivity index (χ2v) is 6.82. The van der Waals surface area contributed by atoms with Gasteiger partial charge in [-0.25, -0.2) is 0 Å². The van der Waals surface area contributed by atoms with Gasteiger partial charge in [-0.3, -0.25) is 9.97 Å². The summed E-state index contributed by atoms with van der Waals surface area (Å²) >= 11 is 7.00. The van der Waals surface area contributed by atoms with Gasteiger partial charge in [0.2, 0.25) is 0 Å². The standard InChI is InChI=1S/C13H15Br2N3/c1-9(14)4-6-18(2)12-3-5-16-11-7-10(15)8-17-13(11)12/h3,5,7-9H,4,6H2,1-2H3. The van der Waals surface area contributed by atoms with Crippen molar-refractivity contribution in [1.29, 1.82) is 0 Å². The number of nitrogens with zero attached hydrogens (tertiary/aromatic N) is 3. The number of anilines is 1. The number of halogens is 2. The quantitative estimate of drug-likeness (QED) is 0.759. The van der Waals surface area contributed by atoms with Crippen molar-refractivity contribution >= 4 is 48.6 Å². The molecule has 0 aliphatic rings. The summed E-state index contributed by atoms with van der Waals surface area (Å²) in [4.78, 5) is 11.6. The van der Waals surface area contributed by atoms with Crippen molar-refractivity contribution in [2.24, 2.45) is 0 Å². The van der Waals surface area contributed by atoms with Crippen LogP contribution in [0.15, 0.2) is 29.0 Å². The molecule has 0 aliphatic carbocycles. The first-order valence-corrected chi connectivity index (χ1v) is 7.54. The van der Waals surface area contributed by atoms with Gasteiger partial charge >= 0.3 is 0 Å². The number of fused-ring (bicyclic) bond motifs is 1. The van der Waals surface area contributed by atoms with E-state index in [1.165, 1.54) is 0 Å². The molecule has 0 radical (unpaired) electrons. The number of aromatic nitrogens is 2. The molecule has 1 unspecified atom stereocenters. The molecule has 5 heteroatoms. The van der Waals surface area contributed by atoms with Gasteiger partial charge < -0.3 is 4.90 Å². The molecule has 0 bridgehead atoms. The van der Waals surface area contributed by atoms with Crippen molar-refractivity contribution in [2.75, 3.05) is 18.5 Å². The molecule has 1 atom stereocenters. The van der Waals surface area contributed by atoms with E-state index in [2.05, 4.69) is 60.7 Å². The van der Waals surface area contributed by atoms with Gasteiger partial charge in [-0.2, -0.15) is 0 Å². The van der Waals surface area contributed by atoms with Gasteiger partial charge in [0.1, 0.15) is 5.52 Å². The molecule has 0 amide bonds. The van der Waals surface area contributed by atoms with Crippen LogP contribution in [0.4, 0.5) is 5.69 Å². The van der Waals surface area contributed by atoms with E-state index in [4.69, 9.17) is 0 Å². The molecule has 96 valence electrons. The van der Waals surface area contributed by atoms with Crippen molar-refractivity contribution in [2.45, 2.75) is 18.2 Å². The van der Waals surface area contributed by atoms with Crippen molar-refractivity contribution in [1.82, 2.24) is 9.97 Å². The molecule has 2 heterocycles. The second kappa shape index (κ2) is 5.97. The van der Waals surface area contributed by atoms with Gasteiger partial charge in [0.15, 0.2) is 0 Å². The average Bonchev–Trinajstić information content (AvgIpc) is 2.34. The molecule has 18 heavy (non-hydrogen) atoms. The fraction of sp³-hybridized carbons (Fsp3) is 0.385. The third kappa shape index (κ3) is 3.20. The molecule has 2 rings (SSSR count). The monoisotopic (exact) mass is 371 g/mol. The lowest BCUT2D eigenvalue weighted by Gasteiger charge is -2.20. The van der Waals surface area contributed by atoms with E-state index in [0.29, 0.717) is 4.83 Å². The van der Waals surface area contributed by atoms with Crippen molar-refractivity contribution in [3.63, 3.8) is 0 Å². The van der Waals surface area contributed by atoms with Gasteiger partial charge in [-0.05, 0) is 34.5 Å². The van der Waals surface area contributed by atoms with Gasteiger partial charge in [0.05, 0.1) is 11.2 Å². The summed E-state index contributed by atoms with van der Waals surface area (Å²) in [6, 6.07) is 4.01. The van der Waals surface area contributed by atoms with Crippen LogP contribution >= 0.6 is 31.9 Å². The summed E-state index contributed by atoms with van der Waals surface area (Å²) in [7, 11) is 2.09.